The van der Waals surface area contributed by atoms with Crippen molar-refractivity contribution in [2.45, 2.75) is 32.0 Å². The van der Waals surface area contributed by atoms with E-state index in [1.165, 1.54) is 12.0 Å². The number of pyridine rings is 1. The van der Waals surface area contributed by atoms with Crippen LogP contribution in [-0.2, 0) is 22.6 Å². The third-order valence-electron chi connectivity index (χ3n) is 6.37. The monoisotopic (exact) mass is 550 g/mol. The summed E-state index contributed by atoms with van der Waals surface area (Å²) in [6.45, 7) is 2.05. The number of ether oxygens (including phenoxy) is 2. The molecule has 0 aliphatic carbocycles. The number of aromatic hydroxyl groups is 1. The fraction of sp³-hybridized carbons (Fsp3) is 0.222. The van der Waals surface area contributed by atoms with E-state index in [0.717, 1.165) is 16.9 Å². The van der Waals surface area contributed by atoms with Gasteiger partial charge in [0.15, 0.2) is 11.5 Å². The molecule has 1 aromatic heterocycles. The Balaban J connectivity index is 1.68. The minimum absolute atomic E-state index is 0.0178. The number of methoxy groups -OCH3 is 1. The van der Waals surface area contributed by atoms with E-state index in [4.69, 9.17) is 9.47 Å². The number of carbonyl (C=O) groups excluding carboxylic acids is 2. The molecule has 3 aromatic rings. The lowest BCUT2D eigenvalue weighted by Gasteiger charge is -2.26. The minimum Gasteiger partial charge on any atom is -0.507 e. The van der Waals surface area contributed by atoms with Gasteiger partial charge in [-0.15, -0.1) is 0 Å². The topological polar surface area (TPSA) is 109 Å². The molecule has 0 spiro atoms. The van der Waals surface area contributed by atoms with Crippen LogP contribution >= 0.6 is 15.9 Å². The molecule has 2 atom stereocenters. The quantitative estimate of drug-likeness (QED) is 0.273. The summed E-state index contributed by atoms with van der Waals surface area (Å²) in [5.41, 5.74) is 2.50. The first-order valence-corrected chi connectivity index (χ1v) is 12.1. The molecule has 1 fully saturated rings. The van der Waals surface area contributed by atoms with Gasteiger partial charge in [-0.1, -0.05) is 6.07 Å². The second-order valence-electron chi connectivity index (χ2n) is 8.80. The van der Waals surface area contributed by atoms with Gasteiger partial charge in [0.1, 0.15) is 17.6 Å². The van der Waals surface area contributed by atoms with E-state index >= 15 is 0 Å². The zero-order valence-corrected chi connectivity index (χ0v) is 21.2. The number of hydrogen-bond acceptors (Lipinski definition) is 7. The van der Waals surface area contributed by atoms with E-state index in [9.17, 15) is 19.8 Å². The van der Waals surface area contributed by atoms with Crippen LogP contribution in [0.5, 0.6) is 17.2 Å². The van der Waals surface area contributed by atoms with Crippen molar-refractivity contribution in [1.82, 2.24) is 9.88 Å². The Morgan fingerprint density at radius 1 is 1.25 bits per heavy atom. The number of amides is 1. The Hall–Kier alpha value is -3.85. The largest absolute Gasteiger partial charge is 0.507 e. The van der Waals surface area contributed by atoms with Crippen molar-refractivity contribution in [2.75, 3.05) is 7.11 Å². The maximum atomic E-state index is 13.4. The molecule has 2 aliphatic rings. The summed E-state index contributed by atoms with van der Waals surface area (Å²) >= 11 is 3.32. The van der Waals surface area contributed by atoms with Gasteiger partial charge in [0.2, 0.25) is 0 Å². The van der Waals surface area contributed by atoms with Gasteiger partial charge in [-0.25, -0.2) is 0 Å². The average Bonchev–Trinajstić information content (AvgIpc) is 3.37. The van der Waals surface area contributed by atoms with Crippen molar-refractivity contribution in [2.24, 2.45) is 0 Å². The van der Waals surface area contributed by atoms with Crippen LogP contribution in [0.1, 0.15) is 35.2 Å². The molecule has 184 valence electrons. The first kappa shape index (κ1) is 23.9. The summed E-state index contributed by atoms with van der Waals surface area (Å²) in [5.74, 6) is -1.04. The molecule has 1 saturated heterocycles. The van der Waals surface area contributed by atoms with Crippen molar-refractivity contribution in [3.05, 3.63) is 87.2 Å². The van der Waals surface area contributed by atoms with Gasteiger partial charge in [-0.05, 0) is 75.9 Å². The number of Topliss-reactive ketones (excluding diaryl/α,β-unsaturated/α-hetero) is 1. The Morgan fingerprint density at radius 3 is 2.78 bits per heavy atom. The van der Waals surface area contributed by atoms with Crippen LogP contribution in [0.25, 0.3) is 5.76 Å². The first-order valence-electron chi connectivity index (χ1n) is 11.3. The normalized spacial score (nSPS) is 20.4. The number of fused-ring (bicyclic) bond motifs is 1. The van der Waals surface area contributed by atoms with Crippen LogP contribution in [0.4, 0.5) is 0 Å². The summed E-state index contributed by atoms with van der Waals surface area (Å²) in [6, 6.07) is 11.0. The van der Waals surface area contributed by atoms with Crippen molar-refractivity contribution in [1.29, 1.82) is 0 Å². The lowest BCUT2D eigenvalue weighted by Crippen LogP contribution is -2.29. The van der Waals surface area contributed by atoms with Crippen molar-refractivity contribution in [3.63, 3.8) is 0 Å². The summed E-state index contributed by atoms with van der Waals surface area (Å²) in [4.78, 5) is 32.1. The lowest BCUT2D eigenvalue weighted by molar-refractivity contribution is -0.140. The molecule has 5 rings (SSSR count). The molecular formula is C27H23BrN2O6. The number of rotatable bonds is 5. The number of halogens is 1. The predicted molar refractivity (Wildman–Crippen MR) is 135 cm³/mol. The Kier molecular flexibility index (Phi) is 6.17. The third-order valence-corrected chi connectivity index (χ3v) is 6.98. The number of aliphatic hydroxyl groups excluding tert-OH is 1. The Bertz CT molecular complexity index is 1400. The number of hydrogen-bond donors (Lipinski definition) is 2. The molecule has 0 radical (unpaired) electrons. The van der Waals surface area contributed by atoms with Crippen LogP contribution < -0.4 is 9.47 Å². The summed E-state index contributed by atoms with van der Waals surface area (Å²) in [7, 11) is 1.41. The van der Waals surface area contributed by atoms with E-state index in [0.29, 0.717) is 22.0 Å². The standard InChI is InChI=1S/C27H23BrN2O6/c1-14-8-17-9-16(5-6-20(17)36-14)24(31)22-23(18-10-19(28)25(32)21(11-18)35-2)30(27(34)26(22)33)13-15-4-3-7-29-12-15/h3-7,9-12,14,23,31-32H,8,13H2,1-2H3/b24-22+/t14-,23-/m1/s1. The lowest BCUT2D eigenvalue weighted by atomic mass is 9.94. The number of nitrogens with zero attached hydrogens (tertiary/aromatic N) is 2. The maximum Gasteiger partial charge on any atom is 0.295 e. The van der Waals surface area contributed by atoms with Gasteiger partial charge < -0.3 is 24.6 Å². The highest BCUT2D eigenvalue weighted by atomic mass is 79.9. The van der Waals surface area contributed by atoms with Gasteiger partial charge in [-0.2, -0.15) is 0 Å². The van der Waals surface area contributed by atoms with E-state index < -0.39 is 17.7 Å². The molecule has 0 unspecified atom stereocenters. The SMILES string of the molecule is COc1cc([C@@H]2/C(=C(\O)c3ccc4c(c3)C[C@@H](C)O4)C(=O)C(=O)N2Cc2cccnc2)cc(Br)c1O. The molecular weight excluding hydrogens is 528 g/mol. The van der Waals surface area contributed by atoms with E-state index in [2.05, 4.69) is 20.9 Å². The third kappa shape index (κ3) is 4.09. The number of carbonyl (C=O) groups is 2. The number of benzene rings is 2. The van der Waals surface area contributed by atoms with Gasteiger partial charge in [-0.3, -0.25) is 14.6 Å². The van der Waals surface area contributed by atoms with Crippen LogP contribution in [-0.4, -0.2) is 45.0 Å². The van der Waals surface area contributed by atoms with Crippen molar-refractivity contribution >= 4 is 33.4 Å². The van der Waals surface area contributed by atoms with Crippen molar-refractivity contribution < 1.29 is 29.3 Å². The van der Waals surface area contributed by atoms with E-state index in [-0.39, 0.29) is 35.5 Å². The molecule has 2 N–H and O–H groups in total. The van der Waals surface area contributed by atoms with Crippen molar-refractivity contribution in [3.8, 4) is 17.2 Å². The van der Waals surface area contributed by atoms with Gasteiger partial charge in [0.25, 0.3) is 11.7 Å². The van der Waals surface area contributed by atoms with Crippen LogP contribution in [0.15, 0.2) is 64.9 Å². The molecule has 0 bridgehead atoms. The number of likely N-dealkylation sites (tertiary alicyclic amines) is 1. The Morgan fingerprint density at radius 2 is 2.06 bits per heavy atom. The molecule has 2 aliphatic heterocycles. The maximum absolute atomic E-state index is 13.4. The molecule has 1 amide bonds. The molecule has 3 heterocycles. The fourth-order valence-corrected chi connectivity index (χ4v) is 5.17. The second kappa shape index (κ2) is 9.31. The summed E-state index contributed by atoms with van der Waals surface area (Å²) in [5, 5.41) is 21.7. The van der Waals surface area contributed by atoms with Crippen LogP contribution in [0, 0.1) is 0 Å². The van der Waals surface area contributed by atoms with Gasteiger partial charge >= 0.3 is 0 Å². The number of ketones is 1. The van der Waals surface area contributed by atoms with E-state index in [1.54, 1.807) is 54.9 Å². The van der Waals surface area contributed by atoms with E-state index in [1.807, 2.05) is 6.92 Å². The van der Waals surface area contributed by atoms with Gasteiger partial charge in [0.05, 0.1) is 23.2 Å². The minimum atomic E-state index is -0.931. The number of aliphatic hydroxyl groups is 1. The highest BCUT2D eigenvalue weighted by Crippen LogP contribution is 2.45. The molecule has 2 aromatic carbocycles. The summed E-state index contributed by atoms with van der Waals surface area (Å²) < 4.78 is 11.4. The number of phenolic OH excluding ortho intramolecular Hbond substituents is 1. The predicted octanol–water partition coefficient (Wildman–Crippen LogP) is 4.50. The Labute approximate surface area is 215 Å². The van der Waals surface area contributed by atoms with Crippen LogP contribution in [0.3, 0.4) is 0 Å². The molecule has 0 saturated carbocycles. The zero-order chi connectivity index (χ0) is 25.6. The number of phenols is 1. The smallest absolute Gasteiger partial charge is 0.295 e. The second-order valence-corrected chi connectivity index (χ2v) is 9.65. The molecule has 9 heteroatoms. The highest BCUT2D eigenvalue weighted by Gasteiger charge is 2.46. The zero-order valence-electron chi connectivity index (χ0n) is 19.6. The first-order chi connectivity index (χ1) is 17.3. The van der Waals surface area contributed by atoms with Gasteiger partial charge in [0, 0.05) is 30.9 Å². The summed E-state index contributed by atoms with van der Waals surface area (Å²) in [6.07, 6.45) is 3.93. The highest BCUT2D eigenvalue weighted by molar-refractivity contribution is 9.10. The molecule has 8 nitrogen and oxygen atoms in total. The fourth-order valence-electron chi connectivity index (χ4n) is 4.71. The number of aromatic nitrogens is 1. The molecule has 36 heavy (non-hydrogen) atoms. The average molecular weight is 551 g/mol. The van der Waals surface area contributed by atoms with Crippen LogP contribution in [0.2, 0.25) is 0 Å².